The normalized spacial score (nSPS) is 15.7. The number of rotatable bonds is 1. The van der Waals surface area contributed by atoms with Gasteiger partial charge in [-0.3, -0.25) is 0 Å². The Morgan fingerprint density at radius 1 is 0.957 bits per heavy atom. The number of hydrogen-bond acceptors (Lipinski definition) is 4. The van der Waals surface area contributed by atoms with Gasteiger partial charge in [-0.25, -0.2) is 4.99 Å². The van der Waals surface area contributed by atoms with Crippen LogP contribution in [-0.4, -0.2) is 0 Å². The molecule has 1 aliphatic heterocycles. The Morgan fingerprint density at radius 3 is 2.52 bits per heavy atom. The van der Waals surface area contributed by atoms with Crippen LogP contribution >= 0.6 is 20.7 Å². The predicted octanol–water partition coefficient (Wildman–Crippen LogP) is 5.68. The second-order valence-corrected chi connectivity index (χ2v) is 8.50. The molecule has 1 aliphatic rings. The Labute approximate surface area is 143 Å². The summed E-state index contributed by atoms with van der Waals surface area (Å²) in [4.78, 5) is 6.35. The lowest BCUT2D eigenvalue weighted by Crippen LogP contribution is -2.31. The molecule has 0 amide bonds. The molecule has 0 radical (unpaired) electrons. The van der Waals surface area contributed by atoms with Gasteiger partial charge in [-0.05, 0) is 38.5 Å². The minimum absolute atomic E-state index is 0.0651. The highest BCUT2D eigenvalue weighted by Crippen LogP contribution is 2.45. The summed E-state index contributed by atoms with van der Waals surface area (Å²) >= 11 is 0. The van der Waals surface area contributed by atoms with Gasteiger partial charge >= 0.3 is 0 Å². The first-order chi connectivity index (χ1) is 11.1. The number of benzene rings is 2. The van der Waals surface area contributed by atoms with Gasteiger partial charge in [0.2, 0.25) is 0 Å². The molecule has 0 bridgehead atoms. The molecule has 1 aromatic heterocycles. The van der Waals surface area contributed by atoms with Crippen LogP contribution in [0.5, 0.6) is 0 Å². The number of fused-ring (bicyclic) bond motifs is 3. The zero-order valence-electron chi connectivity index (χ0n) is 13.4. The third-order valence-corrected chi connectivity index (χ3v) is 6.83. The van der Waals surface area contributed by atoms with Crippen LogP contribution in [0.2, 0.25) is 0 Å². The van der Waals surface area contributed by atoms with E-state index in [2.05, 4.69) is 74.6 Å². The van der Waals surface area contributed by atoms with E-state index in [9.17, 15) is 0 Å². The van der Waals surface area contributed by atoms with Crippen molar-refractivity contribution in [3.8, 4) is 11.1 Å². The number of hydrogen-bond donors (Lipinski definition) is 1. The van der Waals surface area contributed by atoms with Crippen molar-refractivity contribution in [3.05, 3.63) is 63.6 Å². The van der Waals surface area contributed by atoms with Crippen LogP contribution in [0.4, 0.5) is 11.4 Å². The first-order valence-electron chi connectivity index (χ1n) is 7.68. The maximum absolute atomic E-state index is 4.98. The highest BCUT2D eigenvalue weighted by atomic mass is 32.9. The van der Waals surface area contributed by atoms with Gasteiger partial charge in [-0.15, -0.1) is 0 Å². The molecule has 0 spiro atoms. The summed E-state index contributed by atoms with van der Waals surface area (Å²) in [7, 11) is 3.60. The van der Waals surface area contributed by atoms with Crippen molar-refractivity contribution in [3.63, 3.8) is 0 Å². The molecule has 0 saturated heterocycles. The lowest BCUT2D eigenvalue weighted by Gasteiger charge is -2.33. The smallest absolute Gasteiger partial charge is 0.135 e. The van der Waals surface area contributed by atoms with Crippen molar-refractivity contribution in [1.29, 1.82) is 0 Å². The molecule has 3 aromatic rings. The lowest BCUT2D eigenvalue weighted by molar-refractivity contribution is 0.619. The molecule has 2 heterocycles. The number of anilines is 1. The maximum Gasteiger partial charge on any atom is 0.135 e. The van der Waals surface area contributed by atoms with Crippen LogP contribution in [-0.2, 0) is 5.54 Å². The molecular weight excluding hydrogens is 320 g/mol. The summed E-state index contributed by atoms with van der Waals surface area (Å²) in [6.45, 7) is 6.59. The third kappa shape index (κ3) is 2.42. The van der Waals surface area contributed by atoms with Gasteiger partial charge in [0.25, 0.3) is 0 Å². The largest absolute Gasteiger partial charge is 0.375 e. The minimum Gasteiger partial charge on any atom is -0.375 e. The molecule has 4 rings (SSSR count). The average molecular weight is 339 g/mol. The van der Waals surface area contributed by atoms with Crippen molar-refractivity contribution < 1.29 is 0 Å². The summed E-state index contributed by atoms with van der Waals surface area (Å²) < 4.78 is 1.11. The Balaban J connectivity index is 2.01. The van der Waals surface area contributed by atoms with Gasteiger partial charge in [-0.2, -0.15) is 0 Å². The molecule has 4 heteroatoms. The summed E-state index contributed by atoms with van der Waals surface area (Å²) in [6, 6.07) is 16.8. The number of nitrogens with one attached hydrogen (secondary N) is 1. The van der Waals surface area contributed by atoms with Crippen molar-refractivity contribution in [1.82, 2.24) is 0 Å². The van der Waals surface area contributed by atoms with Crippen molar-refractivity contribution in [2.75, 3.05) is 5.32 Å². The van der Waals surface area contributed by atoms with Crippen LogP contribution in [0.25, 0.3) is 11.1 Å². The van der Waals surface area contributed by atoms with Gasteiger partial charge in [-0.1, -0.05) is 57.1 Å². The van der Waals surface area contributed by atoms with Gasteiger partial charge in [0.15, 0.2) is 0 Å². The molecule has 116 valence electrons. The molecule has 0 fully saturated rings. The summed E-state index contributed by atoms with van der Waals surface area (Å²) in [5, 5.41) is 3.66. The van der Waals surface area contributed by atoms with E-state index in [4.69, 9.17) is 4.99 Å². The highest BCUT2D eigenvalue weighted by Gasteiger charge is 2.33. The van der Waals surface area contributed by atoms with E-state index in [0.29, 0.717) is 0 Å². The monoisotopic (exact) mass is 338 g/mol. The number of para-hydroxylation sites is 2. The molecule has 0 saturated carbocycles. The fraction of sp³-hybridized carbons (Fsp3) is 0.211. The van der Waals surface area contributed by atoms with Gasteiger partial charge in [0.1, 0.15) is 4.67 Å². The van der Waals surface area contributed by atoms with E-state index >= 15 is 0 Å². The van der Waals surface area contributed by atoms with Crippen LogP contribution in [0.15, 0.2) is 53.5 Å². The molecule has 23 heavy (non-hydrogen) atoms. The van der Waals surface area contributed by atoms with Gasteiger partial charge in [0, 0.05) is 16.8 Å². The third-order valence-electron chi connectivity index (χ3n) is 4.19. The molecule has 1 N–H and O–H groups in total. The summed E-state index contributed by atoms with van der Waals surface area (Å²) in [5.74, 6) is 0. The van der Waals surface area contributed by atoms with E-state index in [0.717, 1.165) is 10.4 Å². The number of aryl methyl sites for hydroxylation is 1. The fourth-order valence-corrected chi connectivity index (χ4v) is 5.92. The quantitative estimate of drug-likeness (QED) is 0.567. The highest BCUT2D eigenvalue weighted by molar-refractivity contribution is 7.68. The second kappa shape index (κ2) is 5.32. The Morgan fingerprint density at radius 2 is 1.70 bits per heavy atom. The van der Waals surface area contributed by atoms with E-state index in [1.807, 2.05) is 10.3 Å². The molecule has 0 aliphatic carbocycles. The minimum atomic E-state index is -0.0651. The summed E-state index contributed by atoms with van der Waals surface area (Å²) in [6.07, 6.45) is 0. The molecular formula is C19H18N2S2. The SMILES string of the molecule is Cc1ccccc1N=c1ssc2c1-c1ccccc1NC2(C)C. The Hall–Kier alpha value is -1.91. The maximum atomic E-state index is 4.98. The second-order valence-electron chi connectivity index (χ2n) is 6.37. The van der Waals surface area contributed by atoms with E-state index < -0.39 is 0 Å². The topological polar surface area (TPSA) is 24.4 Å². The molecule has 0 unspecified atom stereocenters. The summed E-state index contributed by atoms with van der Waals surface area (Å²) in [5.41, 5.74) is 5.94. The predicted molar refractivity (Wildman–Crippen MR) is 101 cm³/mol. The van der Waals surface area contributed by atoms with Crippen molar-refractivity contribution in [2.45, 2.75) is 26.3 Å². The van der Waals surface area contributed by atoms with E-state index in [-0.39, 0.29) is 5.54 Å². The van der Waals surface area contributed by atoms with Gasteiger partial charge in [0.05, 0.1) is 16.1 Å². The number of nitrogens with zero attached hydrogens (tertiary/aromatic N) is 1. The van der Waals surface area contributed by atoms with Crippen molar-refractivity contribution in [2.24, 2.45) is 4.99 Å². The first kappa shape index (κ1) is 14.7. The zero-order valence-corrected chi connectivity index (χ0v) is 15.0. The zero-order chi connectivity index (χ0) is 16.0. The van der Waals surface area contributed by atoms with Crippen LogP contribution in [0, 0.1) is 6.92 Å². The van der Waals surface area contributed by atoms with E-state index in [1.165, 1.54) is 27.3 Å². The van der Waals surface area contributed by atoms with Crippen LogP contribution in [0.1, 0.15) is 24.3 Å². The first-order valence-corrected chi connectivity index (χ1v) is 9.83. The van der Waals surface area contributed by atoms with Gasteiger partial charge < -0.3 is 5.32 Å². The Bertz CT molecular complexity index is 948. The van der Waals surface area contributed by atoms with E-state index in [1.54, 1.807) is 10.3 Å². The molecule has 2 aromatic carbocycles. The molecule has 2 nitrogen and oxygen atoms in total. The average Bonchev–Trinajstić information content (AvgIpc) is 2.94. The van der Waals surface area contributed by atoms with Crippen molar-refractivity contribution >= 4 is 32.1 Å². The molecule has 0 atom stereocenters. The Kier molecular flexibility index (Phi) is 3.39. The van der Waals surface area contributed by atoms with Crippen LogP contribution in [0.3, 0.4) is 0 Å². The van der Waals surface area contributed by atoms with Crippen LogP contribution < -0.4 is 9.99 Å². The fourth-order valence-electron chi connectivity index (χ4n) is 2.99. The lowest BCUT2D eigenvalue weighted by atomic mass is 9.90. The standard InChI is InChI=1S/C19H18N2S2/c1-12-8-4-6-10-14(12)20-18-16-13-9-5-7-11-15(13)21-19(2,3)17(16)22-23-18/h4-11,21H,1-3H3.